The summed E-state index contributed by atoms with van der Waals surface area (Å²) in [5.74, 6) is 1.23. The van der Waals surface area contributed by atoms with E-state index in [4.69, 9.17) is 0 Å². The molecule has 4 aromatic rings. The van der Waals surface area contributed by atoms with Crippen LogP contribution in [0.2, 0.25) is 0 Å². The second-order valence-electron chi connectivity index (χ2n) is 7.25. The molecule has 0 N–H and O–H groups in total. The zero-order valence-corrected chi connectivity index (χ0v) is 20.5. The zero-order chi connectivity index (χ0) is 19.5. The van der Waals surface area contributed by atoms with Crippen LogP contribution >= 0.6 is 0 Å². The molecule has 2 unspecified atom stereocenters. The van der Waals surface area contributed by atoms with Crippen molar-refractivity contribution in [2.24, 2.45) is 0 Å². The molecule has 30 heavy (non-hydrogen) atoms. The van der Waals surface area contributed by atoms with E-state index in [0.29, 0.717) is 0 Å². The molecule has 0 radical (unpaired) electrons. The molecule has 1 heterocycles. The fraction of sp³-hybridized carbons (Fsp3) is 0.111. The summed E-state index contributed by atoms with van der Waals surface area (Å²) in [6.07, 6.45) is 1.18. The van der Waals surface area contributed by atoms with Crippen LogP contribution in [0.1, 0.15) is 17.5 Å². The second kappa shape index (κ2) is 9.60. The molecule has 0 saturated carbocycles. The summed E-state index contributed by atoms with van der Waals surface area (Å²) in [5.41, 5.74) is 2.90. The van der Waals surface area contributed by atoms with Crippen LogP contribution in [0.4, 0.5) is 0 Å². The molecule has 0 aromatic heterocycles. The predicted octanol–water partition coefficient (Wildman–Crippen LogP) is 6.60. The maximum absolute atomic E-state index is 2.35. The molecule has 4 aromatic carbocycles. The first kappa shape index (κ1) is 21.5. The number of hydrogen-bond donors (Lipinski definition) is 0. The average Bonchev–Trinajstić information content (AvgIpc) is 3.23. The molecular formula is C27H24PtS2. The van der Waals surface area contributed by atoms with Gasteiger partial charge < -0.3 is 0 Å². The van der Waals surface area contributed by atoms with E-state index in [1.54, 1.807) is 0 Å². The van der Waals surface area contributed by atoms with E-state index in [2.05, 4.69) is 121 Å². The molecule has 5 rings (SSSR count). The van der Waals surface area contributed by atoms with Gasteiger partial charge in [0.05, 0.1) is 4.75 Å². The van der Waals surface area contributed by atoms with Gasteiger partial charge in [0.2, 0.25) is 0 Å². The molecule has 0 fully saturated rings. The van der Waals surface area contributed by atoms with E-state index in [0.717, 1.165) is 0 Å². The summed E-state index contributed by atoms with van der Waals surface area (Å²) in [7, 11) is 0.228. The summed E-state index contributed by atoms with van der Waals surface area (Å²) in [6.45, 7) is 0. The fourth-order valence-corrected chi connectivity index (χ4v) is 12.9. The third-order valence-electron chi connectivity index (χ3n) is 5.60. The van der Waals surface area contributed by atoms with Crippen molar-refractivity contribution < 1.29 is 21.1 Å². The van der Waals surface area contributed by atoms with E-state index < -0.39 is 0 Å². The zero-order valence-electron chi connectivity index (χ0n) is 16.6. The summed E-state index contributed by atoms with van der Waals surface area (Å²) < 4.78 is 0.0167. The van der Waals surface area contributed by atoms with Crippen molar-refractivity contribution in [2.75, 3.05) is 5.75 Å². The quantitative estimate of drug-likeness (QED) is 0.245. The molecule has 0 saturated heterocycles. The van der Waals surface area contributed by atoms with Crippen LogP contribution in [0.5, 0.6) is 0 Å². The van der Waals surface area contributed by atoms with Crippen LogP contribution in [0.25, 0.3) is 0 Å². The van der Waals surface area contributed by atoms with Crippen LogP contribution in [-0.4, -0.2) is 5.75 Å². The summed E-state index contributed by atoms with van der Waals surface area (Å²) in [5, 5.41) is 0. The molecule has 3 heteroatoms. The van der Waals surface area contributed by atoms with Crippen molar-refractivity contribution in [3.63, 3.8) is 0 Å². The largest absolute Gasteiger partial charge is 0.125 e. The van der Waals surface area contributed by atoms with Crippen molar-refractivity contribution in [1.82, 2.24) is 0 Å². The van der Waals surface area contributed by atoms with E-state index in [1.165, 1.54) is 33.1 Å². The van der Waals surface area contributed by atoms with Crippen LogP contribution in [0.15, 0.2) is 131 Å². The minimum absolute atomic E-state index is 0. The Labute approximate surface area is 198 Å². The summed E-state index contributed by atoms with van der Waals surface area (Å²) in [6, 6.07) is 44.8. The summed E-state index contributed by atoms with van der Waals surface area (Å²) in [4.78, 5) is 2.97. The topological polar surface area (TPSA) is 0 Å². The monoisotopic (exact) mass is 607 g/mol. The maximum atomic E-state index is 2.35. The minimum atomic E-state index is 0. The van der Waals surface area contributed by atoms with E-state index in [1.807, 2.05) is 0 Å². The third-order valence-corrected chi connectivity index (χ3v) is 13.1. The Balaban J connectivity index is 0.00000218. The van der Waals surface area contributed by atoms with Gasteiger partial charge in [0.15, 0.2) is 0 Å². The SMILES string of the molecule is [Pt].c1ccc(S2=S(c3ccccc3)C(c3ccccc3)(c3ccccc3)CC2)cc1. The second-order valence-corrected chi connectivity index (χ2v) is 12.7. The van der Waals surface area contributed by atoms with Crippen LogP contribution in [-0.2, 0) is 44.7 Å². The first-order chi connectivity index (χ1) is 14.4. The Bertz CT molecular complexity index is 1090. The Morgan fingerprint density at radius 2 is 0.900 bits per heavy atom. The Morgan fingerprint density at radius 1 is 0.500 bits per heavy atom. The van der Waals surface area contributed by atoms with Gasteiger partial charge in [0.1, 0.15) is 0 Å². The molecule has 1 aliphatic heterocycles. The number of rotatable bonds is 4. The van der Waals surface area contributed by atoms with Gasteiger partial charge in [-0.2, -0.15) is 0 Å². The minimum Gasteiger partial charge on any atom is -0.125 e. The molecule has 0 bridgehead atoms. The van der Waals surface area contributed by atoms with E-state index in [-0.39, 0.29) is 44.7 Å². The van der Waals surface area contributed by atoms with Gasteiger partial charge in [-0.15, -0.1) is 18.9 Å². The molecule has 2 atom stereocenters. The molecule has 154 valence electrons. The molecule has 1 aliphatic rings. The maximum Gasteiger partial charge on any atom is 0.0711 e. The molecule has 0 amide bonds. The number of benzene rings is 4. The van der Waals surface area contributed by atoms with Crippen molar-refractivity contribution in [3.05, 3.63) is 132 Å². The normalized spacial score (nSPS) is 19.7. The van der Waals surface area contributed by atoms with Gasteiger partial charge in [0, 0.05) is 36.6 Å². The average molecular weight is 608 g/mol. The van der Waals surface area contributed by atoms with Gasteiger partial charge in [-0.3, -0.25) is 0 Å². The predicted molar refractivity (Wildman–Crippen MR) is 127 cm³/mol. The van der Waals surface area contributed by atoms with Gasteiger partial charge in [-0.1, -0.05) is 97.1 Å². The standard InChI is InChI=1S/C27H24S2.Pt/c1-5-13-23(14-6-1)27(24-15-7-2-8-16-24)21-22-28(25-17-9-3-10-18-25)29(27)26-19-11-4-12-20-26;/h1-20H,21-22H2;. The van der Waals surface area contributed by atoms with Crippen molar-refractivity contribution in [1.29, 1.82) is 0 Å². The smallest absolute Gasteiger partial charge is 0.0711 e. The van der Waals surface area contributed by atoms with Gasteiger partial charge in [0.25, 0.3) is 0 Å². The third kappa shape index (κ3) is 3.82. The van der Waals surface area contributed by atoms with E-state index >= 15 is 0 Å². The fourth-order valence-electron chi connectivity index (χ4n) is 4.32. The van der Waals surface area contributed by atoms with Gasteiger partial charge >= 0.3 is 0 Å². The first-order valence-corrected chi connectivity index (χ1v) is 13.2. The van der Waals surface area contributed by atoms with E-state index in [9.17, 15) is 0 Å². The van der Waals surface area contributed by atoms with Crippen LogP contribution in [0, 0.1) is 0 Å². The van der Waals surface area contributed by atoms with Gasteiger partial charge in [-0.25, -0.2) is 0 Å². The summed E-state index contributed by atoms with van der Waals surface area (Å²) >= 11 is 0. The van der Waals surface area contributed by atoms with Crippen molar-refractivity contribution in [3.8, 4) is 0 Å². The molecular weight excluding hydrogens is 584 g/mol. The Kier molecular flexibility index (Phi) is 6.88. The van der Waals surface area contributed by atoms with Crippen molar-refractivity contribution >= 4 is 18.9 Å². The number of hydrogen-bond acceptors (Lipinski definition) is 0. The van der Waals surface area contributed by atoms with Crippen LogP contribution < -0.4 is 0 Å². The molecule has 0 aliphatic carbocycles. The Hall–Kier alpha value is -1.73. The van der Waals surface area contributed by atoms with Crippen LogP contribution in [0.3, 0.4) is 0 Å². The van der Waals surface area contributed by atoms with Crippen molar-refractivity contribution in [2.45, 2.75) is 21.0 Å². The Morgan fingerprint density at radius 3 is 1.37 bits per heavy atom. The molecule has 0 spiro atoms. The first-order valence-electron chi connectivity index (χ1n) is 10.1. The van der Waals surface area contributed by atoms with Gasteiger partial charge in [-0.05, 0) is 41.8 Å². The molecule has 0 nitrogen and oxygen atoms in total.